The Balaban J connectivity index is 1.44. The molecule has 1 aromatic heterocycles. The Hall–Kier alpha value is -3.76. The van der Waals surface area contributed by atoms with Gasteiger partial charge in [0.2, 0.25) is 10.0 Å². The maximum absolute atomic E-state index is 14.0. The number of carboxylic acids is 1. The van der Waals surface area contributed by atoms with Gasteiger partial charge in [0.15, 0.2) is 0 Å². The van der Waals surface area contributed by atoms with E-state index < -0.39 is 21.9 Å². The standard InChI is InChI=1S/C30H32N4O5S/c1-4-21-17-34(40(37,38)28-8-6-5-7-27(28)39-21)25-13-11-19-9-10-20(15-24(19)25)23(16-29(35)36)22-12-14-26-30(18(22)2)31-32-33(26)3/h5-10,12,14-15,21,23,25H,4,11,13,16-17H2,1-3H3,(H,35,36). The van der Waals surface area contributed by atoms with Crippen molar-refractivity contribution in [3.8, 4) is 5.75 Å². The maximum Gasteiger partial charge on any atom is 0.304 e. The number of sulfonamides is 1. The molecule has 3 atom stereocenters. The molecule has 0 amide bonds. The second kappa shape index (κ2) is 10.0. The molecule has 208 valence electrons. The summed E-state index contributed by atoms with van der Waals surface area (Å²) in [7, 11) is -2.00. The minimum atomic E-state index is -3.82. The van der Waals surface area contributed by atoms with Crippen molar-refractivity contribution in [1.82, 2.24) is 19.3 Å². The summed E-state index contributed by atoms with van der Waals surface area (Å²) in [5, 5.41) is 18.3. The predicted molar refractivity (Wildman–Crippen MR) is 150 cm³/mol. The Morgan fingerprint density at radius 1 is 1.18 bits per heavy atom. The average Bonchev–Trinajstić information content (AvgIpc) is 3.50. The number of ether oxygens (including phenoxy) is 1. The minimum Gasteiger partial charge on any atom is -0.488 e. The van der Waals surface area contributed by atoms with Crippen molar-refractivity contribution in [2.24, 2.45) is 7.05 Å². The molecule has 1 aliphatic carbocycles. The third kappa shape index (κ3) is 4.35. The highest BCUT2D eigenvalue weighted by Gasteiger charge is 2.41. The number of aliphatic carboxylic acids is 1. The molecule has 4 aromatic rings. The quantitative estimate of drug-likeness (QED) is 0.363. The number of para-hydroxylation sites is 1. The number of hydrogen-bond donors (Lipinski definition) is 1. The van der Waals surface area contributed by atoms with Crippen molar-refractivity contribution in [1.29, 1.82) is 0 Å². The fourth-order valence-corrected chi connectivity index (χ4v) is 8.02. The molecule has 0 radical (unpaired) electrons. The van der Waals surface area contributed by atoms with Crippen LogP contribution in [0.25, 0.3) is 11.0 Å². The second-order valence-corrected chi connectivity index (χ2v) is 12.6. The molecular weight excluding hydrogens is 528 g/mol. The first-order chi connectivity index (χ1) is 19.2. The van der Waals surface area contributed by atoms with Crippen LogP contribution in [-0.4, -0.2) is 51.4 Å². The first-order valence-electron chi connectivity index (χ1n) is 13.6. The van der Waals surface area contributed by atoms with Crippen molar-refractivity contribution in [2.45, 2.75) is 62.5 Å². The topological polar surface area (TPSA) is 115 Å². The molecule has 0 spiro atoms. The zero-order valence-electron chi connectivity index (χ0n) is 22.7. The molecule has 3 aromatic carbocycles. The highest BCUT2D eigenvalue weighted by atomic mass is 32.2. The van der Waals surface area contributed by atoms with Gasteiger partial charge < -0.3 is 9.84 Å². The normalized spacial score (nSPS) is 20.9. The van der Waals surface area contributed by atoms with Crippen LogP contribution in [0.2, 0.25) is 0 Å². The smallest absolute Gasteiger partial charge is 0.304 e. The van der Waals surface area contributed by atoms with Crippen molar-refractivity contribution in [3.63, 3.8) is 0 Å². The SMILES string of the molecule is CCC1CN(C2CCc3ccc(C(CC(=O)O)c4ccc5c(nnn5C)c4C)cc32)S(=O)(=O)c2ccccc2O1. The van der Waals surface area contributed by atoms with Gasteiger partial charge in [-0.1, -0.05) is 48.5 Å². The minimum absolute atomic E-state index is 0.100. The summed E-state index contributed by atoms with van der Waals surface area (Å²) in [6.07, 6.45) is 1.71. The molecule has 0 saturated heterocycles. The van der Waals surface area contributed by atoms with Gasteiger partial charge in [-0.05, 0) is 72.2 Å². The number of benzene rings is 3. The number of hydrogen-bond acceptors (Lipinski definition) is 6. The summed E-state index contributed by atoms with van der Waals surface area (Å²) >= 11 is 0. The lowest BCUT2D eigenvalue weighted by Gasteiger charge is -2.29. The molecule has 0 saturated carbocycles. The molecule has 9 nitrogen and oxygen atoms in total. The predicted octanol–water partition coefficient (Wildman–Crippen LogP) is 4.73. The maximum atomic E-state index is 14.0. The lowest BCUT2D eigenvalue weighted by molar-refractivity contribution is -0.137. The summed E-state index contributed by atoms with van der Waals surface area (Å²) in [6, 6.07) is 16.4. The van der Waals surface area contributed by atoms with Gasteiger partial charge in [0, 0.05) is 13.0 Å². The Kier molecular flexibility index (Phi) is 6.62. The zero-order chi connectivity index (χ0) is 28.2. The largest absolute Gasteiger partial charge is 0.488 e. The van der Waals surface area contributed by atoms with Crippen molar-refractivity contribution in [3.05, 3.63) is 82.4 Å². The van der Waals surface area contributed by atoms with Gasteiger partial charge in [0.05, 0.1) is 24.5 Å². The number of aromatic nitrogens is 3. The third-order valence-corrected chi connectivity index (χ3v) is 10.3. The molecule has 2 aliphatic rings. The first-order valence-corrected chi connectivity index (χ1v) is 15.0. The van der Waals surface area contributed by atoms with Crippen LogP contribution in [0, 0.1) is 6.92 Å². The van der Waals surface area contributed by atoms with Crippen molar-refractivity contribution < 1.29 is 23.1 Å². The Morgan fingerprint density at radius 2 is 1.98 bits per heavy atom. The lowest BCUT2D eigenvalue weighted by Crippen LogP contribution is -2.39. The molecule has 2 heterocycles. The van der Waals surface area contributed by atoms with Gasteiger partial charge in [-0.15, -0.1) is 5.10 Å². The summed E-state index contributed by atoms with van der Waals surface area (Å²) in [5.41, 5.74) is 6.26. The van der Waals surface area contributed by atoms with Crippen LogP contribution < -0.4 is 4.74 Å². The van der Waals surface area contributed by atoms with Crippen LogP contribution in [0.1, 0.15) is 66.0 Å². The van der Waals surface area contributed by atoms with E-state index in [1.165, 1.54) is 0 Å². The van der Waals surface area contributed by atoms with Crippen LogP contribution in [0.3, 0.4) is 0 Å². The number of carbonyl (C=O) groups is 1. The summed E-state index contributed by atoms with van der Waals surface area (Å²) in [4.78, 5) is 12.2. The van der Waals surface area contributed by atoms with Crippen LogP contribution in [-0.2, 0) is 28.3 Å². The summed E-state index contributed by atoms with van der Waals surface area (Å²) < 4.78 is 37.4. The van der Waals surface area contributed by atoms with E-state index >= 15 is 0 Å². The van der Waals surface area contributed by atoms with E-state index in [-0.39, 0.29) is 30.0 Å². The Bertz CT molecular complexity index is 1730. The molecule has 1 N–H and O–H groups in total. The van der Waals surface area contributed by atoms with E-state index in [2.05, 4.69) is 10.3 Å². The number of rotatable bonds is 6. The second-order valence-electron chi connectivity index (χ2n) is 10.7. The monoisotopic (exact) mass is 560 g/mol. The first kappa shape index (κ1) is 26.5. The molecule has 6 rings (SSSR count). The number of nitrogens with zero attached hydrogens (tertiary/aromatic N) is 4. The van der Waals surface area contributed by atoms with E-state index in [9.17, 15) is 18.3 Å². The lowest BCUT2D eigenvalue weighted by atomic mass is 9.84. The van der Waals surface area contributed by atoms with Crippen LogP contribution in [0.15, 0.2) is 59.5 Å². The van der Waals surface area contributed by atoms with Gasteiger partial charge in [-0.2, -0.15) is 4.31 Å². The molecule has 40 heavy (non-hydrogen) atoms. The van der Waals surface area contributed by atoms with Crippen LogP contribution in [0.5, 0.6) is 5.75 Å². The Labute approximate surface area is 233 Å². The number of carboxylic acid groups (broad SMARTS) is 1. The van der Waals surface area contributed by atoms with Gasteiger partial charge in [-0.3, -0.25) is 4.79 Å². The van der Waals surface area contributed by atoms with E-state index in [0.717, 1.165) is 45.3 Å². The van der Waals surface area contributed by atoms with Gasteiger partial charge >= 0.3 is 5.97 Å². The fourth-order valence-electron chi connectivity index (χ4n) is 6.23. The van der Waals surface area contributed by atoms with Gasteiger partial charge in [0.1, 0.15) is 22.3 Å². The molecule has 10 heteroatoms. The Morgan fingerprint density at radius 3 is 2.75 bits per heavy atom. The molecule has 0 fully saturated rings. The van der Waals surface area contributed by atoms with Gasteiger partial charge in [0.25, 0.3) is 0 Å². The van der Waals surface area contributed by atoms with E-state index in [4.69, 9.17) is 4.74 Å². The summed E-state index contributed by atoms with van der Waals surface area (Å²) in [5.74, 6) is -0.945. The van der Waals surface area contributed by atoms with Crippen molar-refractivity contribution >= 4 is 27.0 Å². The van der Waals surface area contributed by atoms with E-state index in [1.807, 2.05) is 51.2 Å². The molecule has 1 aliphatic heterocycles. The zero-order valence-corrected chi connectivity index (χ0v) is 23.6. The van der Waals surface area contributed by atoms with Crippen LogP contribution >= 0.6 is 0 Å². The fraction of sp³-hybridized carbons (Fsp3) is 0.367. The third-order valence-electron chi connectivity index (χ3n) is 8.37. The number of aryl methyl sites for hydroxylation is 3. The summed E-state index contributed by atoms with van der Waals surface area (Å²) in [6.45, 7) is 4.20. The highest BCUT2D eigenvalue weighted by molar-refractivity contribution is 7.89. The molecule has 3 unspecified atom stereocenters. The van der Waals surface area contributed by atoms with E-state index in [1.54, 1.807) is 33.3 Å². The molecule has 0 bridgehead atoms. The highest BCUT2D eigenvalue weighted by Crippen LogP contribution is 2.44. The van der Waals surface area contributed by atoms with E-state index in [0.29, 0.717) is 18.6 Å². The van der Waals surface area contributed by atoms with Gasteiger partial charge in [-0.25, -0.2) is 13.1 Å². The number of fused-ring (bicyclic) bond motifs is 3. The average molecular weight is 561 g/mol. The molecular formula is C30H32N4O5S. The van der Waals surface area contributed by atoms with Crippen LogP contribution in [0.4, 0.5) is 0 Å². The van der Waals surface area contributed by atoms with Crippen molar-refractivity contribution in [2.75, 3.05) is 6.54 Å².